The highest BCUT2D eigenvalue weighted by Gasteiger charge is 2.26. The molecule has 0 bridgehead atoms. The molecular weight excluding hydrogens is 440 g/mol. The molecule has 0 atom stereocenters. The van der Waals surface area contributed by atoms with Crippen LogP contribution in [0.2, 0.25) is 0 Å². The lowest BCUT2D eigenvalue weighted by Crippen LogP contribution is -2.37. The minimum atomic E-state index is -0.642. The Kier molecular flexibility index (Phi) is 8.26. The summed E-state index contributed by atoms with van der Waals surface area (Å²) >= 11 is 0. The number of carbonyl (C=O) groups excluding carboxylic acids is 1. The van der Waals surface area contributed by atoms with E-state index in [9.17, 15) is 4.79 Å². The van der Waals surface area contributed by atoms with Crippen LogP contribution in [0.25, 0.3) is 10.8 Å². The van der Waals surface area contributed by atoms with Gasteiger partial charge in [-0.3, -0.25) is 9.74 Å². The van der Waals surface area contributed by atoms with Crippen molar-refractivity contribution in [2.24, 2.45) is 0 Å². The lowest BCUT2D eigenvalue weighted by molar-refractivity contribution is 0.0192. The van der Waals surface area contributed by atoms with Crippen molar-refractivity contribution in [3.63, 3.8) is 0 Å². The molecule has 0 aliphatic carbocycles. The number of hydrogen-bond acceptors (Lipinski definition) is 5. The molecule has 186 valence electrons. The maximum Gasteiger partial charge on any atom is 0.439 e. The second-order valence-corrected chi connectivity index (χ2v) is 9.94. The molecule has 4 rings (SSSR count). The van der Waals surface area contributed by atoms with Crippen molar-refractivity contribution in [3.8, 4) is 5.75 Å². The Balaban J connectivity index is 1.41. The normalized spacial score (nSPS) is 14.6. The molecule has 1 aliphatic rings. The summed E-state index contributed by atoms with van der Waals surface area (Å²) in [5, 5.41) is 3.20. The maximum absolute atomic E-state index is 13.1. The third-order valence-electron chi connectivity index (χ3n) is 5.95. The topological polar surface area (TPSA) is 51.2 Å². The summed E-state index contributed by atoms with van der Waals surface area (Å²) in [4.78, 5) is 21.6. The molecule has 0 radical (unpaired) electrons. The SMILES string of the molecule is CC(C)(C)OC(=O)N(OCc1ccc(OCCN2CCCCC2)cc1)c1cccc2ccccc12. The Hall–Kier alpha value is -3.09. The van der Waals surface area contributed by atoms with Crippen LogP contribution in [0, 0.1) is 0 Å². The van der Waals surface area contributed by atoms with Gasteiger partial charge in [0.25, 0.3) is 0 Å². The average Bonchev–Trinajstić information content (AvgIpc) is 2.85. The van der Waals surface area contributed by atoms with Gasteiger partial charge in [-0.15, -0.1) is 0 Å². The van der Waals surface area contributed by atoms with Crippen molar-refractivity contribution >= 4 is 22.6 Å². The summed E-state index contributed by atoms with van der Waals surface area (Å²) in [6.07, 6.45) is 3.36. The number of piperidine rings is 1. The minimum Gasteiger partial charge on any atom is -0.492 e. The molecule has 35 heavy (non-hydrogen) atoms. The van der Waals surface area contributed by atoms with Gasteiger partial charge < -0.3 is 9.47 Å². The highest BCUT2D eigenvalue weighted by Crippen LogP contribution is 2.29. The number of hydrogen-bond donors (Lipinski definition) is 0. The average molecular weight is 477 g/mol. The van der Waals surface area contributed by atoms with E-state index in [1.165, 1.54) is 37.4 Å². The molecule has 1 aliphatic heterocycles. The number of amides is 1. The first-order valence-electron chi connectivity index (χ1n) is 12.5. The van der Waals surface area contributed by atoms with Crippen LogP contribution in [0.4, 0.5) is 10.5 Å². The second kappa shape index (κ2) is 11.6. The number of rotatable bonds is 8. The Morgan fingerprint density at radius 2 is 1.63 bits per heavy atom. The van der Waals surface area contributed by atoms with E-state index in [-0.39, 0.29) is 6.61 Å². The van der Waals surface area contributed by atoms with E-state index in [0.29, 0.717) is 12.3 Å². The van der Waals surface area contributed by atoms with Crippen LogP contribution < -0.4 is 9.80 Å². The molecule has 3 aromatic rings. The standard InChI is InChI=1S/C29H36N2O4/c1-29(2,3)35-28(32)31(27-13-9-11-24-10-5-6-12-26(24)27)34-22-23-14-16-25(17-15-23)33-21-20-30-18-7-4-8-19-30/h5-6,9-17H,4,7-8,18-22H2,1-3H3. The first-order valence-corrected chi connectivity index (χ1v) is 12.5. The molecule has 1 saturated heterocycles. The van der Waals surface area contributed by atoms with Gasteiger partial charge in [-0.1, -0.05) is 55.0 Å². The van der Waals surface area contributed by atoms with Gasteiger partial charge >= 0.3 is 6.09 Å². The molecule has 0 aromatic heterocycles. The van der Waals surface area contributed by atoms with Gasteiger partial charge in [0.1, 0.15) is 24.6 Å². The Morgan fingerprint density at radius 1 is 0.914 bits per heavy atom. The summed E-state index contributed by atoms with van der Waals surface area (Å²) in [5.41, 5.74) is 0.938. The lowest BCUT2D eigenvalue weighted by atomic mass is 10.1. The fourth-order valence-electron chi connectivity index (χ4n) is 4.21. The summed E-state index contributed by atoms with van der Waals surface area (Å²) in [6, 6.07) is 21.5. The van der Waals surface area contributed by atoms with E-state index in [2.05, 4.69) is 4.90 Å². The molecule has 3 aromatic carbocycles. The zero-order valence-electron chi connectivity index (χ0n) is 21.0. The van der Waals surface area contributed by atoms with Gasteiger partial charge in [0.15, 0.2) is 0 Å². The molecule has 0 N–H and O–H groups in total. The number of carbonyl (C=O) groups is 1. The summed E-state index contributed by atoms with van der Waals surface area (Å²) in [6.45, 7) is 9.73. The molecule has 1 fully saturated rings. The van der Waals surface area contributed by atoms with Gasteiger partial charge in [0.05, 0.1) is 5.69 Å². The first-order chi connectivity index (χ1) is 16.9. The van der Waals surface area contributed by atoms with E-state index in [4.69, 9.17) is 14.3 Å². The van der Waals surface area contributed by atoms with Gasteiger partial charge in [0.2, 0.25) is 0 Å². The number of benzene rings is 3. The zero-order chi connectivity index (χ0) is 24.7. The van der Waals surface area contributed by atoms with E-state index < -0.39 is 11.7 Å². The Morgan fingerprint density at radius 3 is 2.37 bits per heavy atom. The van der Waals surface area contributed by atoms with Crippen LogP contribution in [0.5, 0.6) is 5.75 Å². The van der Waals surface area contributed by atoms with Crippen LogP contribution in [0.15, 0.2) is 66.7 Å². The van der Waals surface area contributed by atoms with Gasteiger partial charge in [-0.2, -0.15) is 5.06 Å². The van der Waals surface area contributed by atoms with Crippen LogP contribution in [-0.4, -0.2) is 42.8 Å². The van der Waals surface area contributed by atoms with Gasteiger partial charge in [-0.05, 0) is 75.9 Å². The largest absolute Gasteiger partial charge is 0.492 e. The third kappa shape index (κ3) is 7.20. The summed E-state index contributed by atoms with van der Waals surface area (Å²) in [5.74, 6) is 0.837. The Labute approximate surface area is 208 Å². The van der Waals surface area contributed by atoms with E-state index in [1.54, 1.807) is 0 Å². The van der Waals surface area contributed by atoms with Gasteiger partial charge in [0, 0.05) is 11.9 Å². The van der Waals surface area contributed by atoms with E-state index >= 15 is 0 Å². The number of ether oxygens (including phenoxy) is 2. The fourth-order valence-corrected chi connectivity index (χ4v) is 4.21. The van der Waals surface area contributed by atoms with Crippen molar-refractivity contribution in [2.75, 3.05) is 31.3 Å². The van der Waals surface area contributed by atoms with Gasteiger partial charge in [-0.25, -0.2) is 4.79 Å². The number of hydroxylamine groups is 1. The number of likely N-dealkylation sites (tertiary alicyclic amines) is 1. The van der Waals surface area contributed by atoms with Crippen molar-refractivity contribution in [2.45, 2.75) is 52.2 Å². The van der Waals surface area contributed by atoms with Crippen LogP contribution in [0.3, 0.4) is 0 Å². The maximum atomic E-state index is 13.1. The predicted molar refractivity (Wildman–Crippen MR) is 140 cm³/mol. The molecule has 1 amide bonds. The van der Waals surface area contributed by atoms with Crippen LogP contribution in [-0.2, 0) is 16.2 Å². The van der Waals surface area contributed by atoms with E-state index in [0.717, 1.165) is 28.6 Å². The molecule has 0 saturated carbocycles. The molecule has 1 heterocycles. The number of fused-ring (bicyclic) bond motifs is 1. The molecule has 6 heteroatoms. The van der Waals surface area contributed by atoms with Crippen LogP contribution >= 0.6 is 0 Å². The fraction of sp³-hybridized carbons (Fsp3) is 0.414. The van der Waals surface area contributed by atoms with Crippen molar-refractivity contribution in [1.29, 1.82) is 0 Å². The highest BCUT2D eigenvalue weighted by molar-refractivity contribution is 6.00. The third-order valence-corrected chi connectivity index (χ3v) is 5.95. The predicted octanol–water partition coefficient (Wildman–Crippen LogP) is 6.58. The molecule has 6 nitrogen and oxygen atoms in total. The number of anilines is 1. The minimum absolute atomic E-state index is 0.219. The Bertz CT molecular complexity index is 1100. The molecular formula is C29H36N2O4. The molecule has 0 unspecified atom stereocenters. The monoisotopic (exact) mass is 476 g/mol. The second-order valence-electron chi connectivity index (χ2n) is 9.94. The quantitative estimate of drug-likeness (QED) is 0.344. The van der Waals surface area contributed by atoms with Crippen LogP contribution in [0.1, 0.15) is 45.6 Å². The highest BCUT2D eigenvalue weighted by atomic mass is 16.7. The summed E-state index contributed by atoms with van der Waals surface area (Å²) in [7, 11) is 0. The van der Waals surface area contributed by atoms with Crippen molar-refractivity contribution in [3.05, 3.63) is 72.3 Å². The first kappa shape index (κ1) is 25.0. The molecule has 0 spiro atoms. The smallest absolute Gasteiger partial charge is 0.439 e. The van der Waals surface area contributed by atoms with Crippen molar-refractivity contribution in [1.82, 2.24) is 4.90 Å². The van der Waals surface area contributed by atoms with Crippen molar-refractivity contribution < 1.29 is 19.1 Å². The summed E-state index contributed by atoms with van der Waals surface area (Å²) < 4.78 is 11.6. The van der Waals surface area contributed by atoms with E-state index in [1.807, 2.05) is 87.5 Å². The zero-order valence-corrected chi connectivity index (χ0v) is 21.0. The lowest BCUT2D eigenvalue weighted by Gasteiger charge is -2.27. The number of nitrogens with zero attached hydrogens (tertiary/aromatic N) is 2.